The molecular formula is C24H20Cl2SiZr-2. The molecule has 0 amide bonds. The molecule has 140 valence electrons. The molecule has 0 aromatic heterocycles. The van der Waals surface area contributed by atoms with Crippen LogP contribution in [0.2, 0.25) is 0 Å². The Hall–Kier alpha value is -1.44. The molecule has 5 aromatic rings. The van der Waals surface area contributed by atoms with Crippen molar-refractivity contribution in [3.8, 4) is 0 Å². The Morgan fingerprint density at radius 1 is 0.536 bits per heavy atom. The molecule has 0 aliphatic rings. The first kappa shape index (κ1) is 24.6. The van der Waals surface area contributed by atoms with E-state index in [1.165, 1.54) is 26.7 Å². The summed E-state index contributed by atoms with van der Waals surface area (Å²) in [5.41, 5.74) is 0. The van der Waals surface area contributed by atoms with Crippen LogP contribution in [0.5, 0.6) is 0 Å². The van der Waals surface area contributed by atoms with Gasteiger partial charge in [0.2, 0.25) is 0 Å². The Morgan fingerprint density at radius 2 is 0.964 bits per heavy atom. The Labute approximate surface area is 195 Å². The molecule has 0 atom stereocenters. The first-order valence-electron chi connectivity index (χ1n) is 8.63. The fraction of sp³-hybridized carbons (Fsp3) is 0. The molecule has 0 unspecified atom stereocenters. The smallest absolute Gasteiger partial charge is 0.0809 e. The van der Waals surface area contributed by atoms with Crippen LogP contribution in [0.25, 0.3) is 21.5 Å². The maximum Gasteiger partial charge on any atom is -0.0809 e. The van der Waals surface area contributed by atoms with Crippen LogP contribution < -0.4 is 30.0 Å². The van der Waals surface area contributed by atoms with Crippen LogP contribution in [-0.4, -0.2) is 6.16 Å². The largest absolute Gasteiger partial charge is 0.168 e. The third kappa shape index (κ3) is 7.53. The van der Waals surface area contributed by atoms with Gasteiger partial charge in [-0.1, -0.05) is 12.1 Å². The number of rotatable bonds is 1. The summed E-state index contributed by atoms with van der Waals surface area (Å²) in [6.07, 6.45) is 0.601. The van der Waals surface area contributed by atoms with Crippen molar-refractivity contribution in [1.82, 2.24) is 0 Å². The molecule has 0 N–H and O–H groups in total. The first-order valence-corrected chi connectivity index (χ1v) is 14.0. The van der Waals surface area contributed by atoms with Crippen molar-refractivity contribution >= 4 is 32.9 Å². The van der Waals surface area contributed by atoms with Crippen LogP contribution in [-0.2, 0) is 23.3 Å². The average Bonchev–Trinajstić information content (AvgIpc) is 3.38. The summed E-state index contributed by atoms with van der Waals surface area (Å²) in [6, 6.07) is 40.0. The van der Waals surface area contributed by atoms with Crippen molar-refractivity contribution in [3.63, 3.8) is 0 Å². The van der Waals surface area contributed by atoms with E-state index in [0.717, 1.165) is 0 Å². The summed E-state index contributed by atoms with van der Waals surface area (Å²) in [7, 11) is 0. The van der Waals surface area contributed by atoms with Crippen LogP contribution in [0.4, 0.5) is 0 Å². The third-order valence-electron chi connectivity index (χ3n) is 4.06. The van der Waals surface area contributed by atoms with E-state index in [0.29, 0.717) is 6.16 Å². The molecule has 0 spiro atoms. The van der Waals surface area contributed by atoms with Crippen molar-refractivity contribution in [2.45, 2.75) is 0 Å². The number of benzene rings is 3. The van der Waals surface area contributed by atoms with Crippen LogP contribution in [0.1, 0.15) is 0 Å². The van der Waals surface area contributed by atoms with Gasteiger partial charge in [0.25, 0.3) is 0 Å². The van der Waals surface area contributed by atoms with Gasteiger partial charge in [0.05, 0.1) is 0 Å². The zero-order chi connectivity index (χ0) is 18.0. The number of hydrogen-bond donors (Lipinski definition) is 0. The van der Waals surface area contributed by atoms with E-state index in [1.807, 2.05) is 0 Å². The average molecular weight is 499 g/mol. The topological polar surface area (TPSA) is 0 Å². The standard InChI is InChI=1S/2C9H7.C6H6Si.2ClH.Zr/c2*1-2-5-9-7-3-6-8(9)4-1;7-6-4-2-1-3-5-6;;;/h2*1-7H;1-5,7H;2*1H;/q2*-1;;;;+2/p-2. The molecule has 4 heteroatoms. The van der Waals surface area contributed by atoms with E-state index in [9.17, 15) is 0 Å². The van der Waals surface area contributed by atoms with Crippen molar-refractivity contribution in [1.29, 1.82) is 0 Å². The van der Waals surface area contributed by atoms with Crippen LogP contribution >= 0.6 is 0 Å². The maximum absolute atomic E-state index is 2.20. The van der Waals surface area contributed by atoms with Gasteiger partial charge in [-0.3, -0.25) is 0 Å². The minimum absolute atomic E-state index is 0. The van der Waals surface area contributed by atoms with Gasteiger partial charge in [-0.25, -0.2) is 0 Å². The van der Waals surface area contributed by atoms with Gasteiger partial charge in [0, 0.05) is 0 Å². The van der Waals surface area contributed by atoms with Crippen LogP contribution in [0.3, 0.4) is 0 Å². The fourth-order valence-corrected chi connectivity index (χ4v) is 4.52. The van der Waals surface area contributed by atoms with Gasteiger partial charge in [-0.2, -0.15) is 35.0 Å². The van der Waals surface area contributed by atoms with Gasteiger partial charge in [-0.05, 0) is 0 Å². The minimum Gasteiger partial charge on any atom is -0.168 e. The molecule has 0 aliphatic heterocycles. The molecule has 0 bridgehead atoms. The second-order valence-electron chi connectivity index (χ2n) is 5.86. The Balaban J connectivity index is 0.000000203. The quantitative estimate of drug-likeness (QED) is 0.213. The third-order valence-corrected chi connectivity index (χ3v) is 7.24. The SMILES string of the molecule is [Cl-].[Cl-].[Zr+2]=[SiH]c1ccccc1.c1ccc2[cH-]ccc2c1.c1ccc2[cH-]ccc2c1. The van der Waals surface area contributed by atoms with Gasteiger partial charge in [0.15, 0.2) is 0 Å². The van der Waals surface area contributed by atoms with Crippen molar-refractivity contribution in [2.24, 2.45) is 0 Å². The monoisotopic (exact) mass is 496 g/mol. The zero-order valence-corrected chi connectivity index (χ0v) is 20.4. The summed E-state index contributed by atoms with van der Waals surface area (Å²) >= 11 is 1.67. The maximum atomic E-state index is 2.20. The molecule has 0 saturated heterocycles. The van der Waals surface area contributed by atoms with Crippen LogP contribution in [0, 0.1) is 0 Å². The first-order chi connectivity index (χ1) is 12.9. The van der Waals surface area contributed by atoms with Gasteiger partial charge >= 0.3 is 65.0 Å². The summed E-state index contributed by atoms with van der Waals surface area (Å²) in [4.78, 5) is 0. The molecule has 0 aliphatic carbocycles. The van der Waals surface area contributed by atoms with E-state index in [2.05, 4.69) is 115 Å². The summed E-state index contributed by atoms with van der Waals surface area (Å²) in [5, 5.41) is 6.86. The zero-order valence-electron chi connectivity index (χ0n) is 15.3. The van der Waals surface area contributed by atoms with E-state index < -0.39 is 0 Å². The summed E-state index contributed by atoms with van der Waals surface area (Å²) in [6.45, 7) is 0. The molecule has 0 heterocycles. The molecular weight excluding hydrogens is 478 g/mol. The number of halogens is 2. The number of hydrogen-bond acceptors (Lipinski definition) is 0. The van der Waals surface area contributed by atoms with Crippen LogP contribution in [0.15, 0.2) is 115 Å². The Bertz CT molecular complexity index is 941. The Kier molecular flexibility index (Phi) is 12.0. The molecule has 0 nitrogen and oxygen atoms in total. The van der Waals surface area contributed by atoms with E-state index in [4.69, 9.17) is 0 Å². The number of fused-ring (bicyclic) bond motifs is 2. The fourth-order valence-electron chi connectivity index (χ4n) is 2.69. The Morgan fingerprint density at radius 3 is 1.36 bits per heavy atom. The summed E-state index contributed by atoms with van der Waals surface area (Å²) < 4.78 is 0. The second kappa shape index (κ2) is 13.7. The van der Waals surface area contributed by atoms with E-state index in [-0.39, 0.29) is 24.8 Å². The molecule has 0 radical (unpaired) electrons. The van der Waals surface area contributed by atoms with Gasteiger partial charge in [-0.15, -0.1) is 59.3 Å². The predicted octanol–water partition coefficient (Wildman–Crippen LogP) is -0.664. The van der Waals surface area contributed by atoms with E-state index >= 15 is 0 Å². The van der Waals surface area contributed by atoms with Crippen molar-refractivity contribution < 1.29 is 48.1 Å². The normalized spacial score (nSPS) is 9.07. The predicted molar refractivity (Wildman–Crippen MR) is 112 cm³/mol. The second-order valence-corrected chi connectivity index (χ2v) is 8.95. The molecule has 0 saturated carbocycles. The van der Waals surface area contributed by atoms with Crippen molar-refractivity contribution in [3.05, 3.63) is 115 Å². The van der Waals surface area contributed by atoms with Gasteiger partial charge in [0.1, 0.15) is 0 Å². The molecule has 0 fully saturated rings. The molecule has 5 rings (SSSR count). The van der Waals surface area contributed by atoms with Crippen molar-refractivity contribution in [2.75, 3.05) is 0 Å². The minimum atomic E-state index is 0. The van der Waals surface area contributed by atoms with E-state index in [1.54, 1.807) is 23.3 Å². The van der Waals surface area contributed by atoms with Gasteiger partial charge < -0.3 is 24.8 Å². The molecule has 5 aromatic carbocycles. The molecule has 28 heavy (non-hydrogen) atoms. The summed E-state index contributed by atoms with van der Waals surface area (Å²) in [5.74, 6) is 0.